The minimum atomic E-state index is -0.510. The molecule has 0 aliphatic heterocycles. The smallest absolute Gasteiger partial charge is 0.247 e. The van der Waals surface area contributed by atoms with Crippen LogP contribution in [0.3, 0.4) is 0 Å². The number of nitrogens with one attached hydrogen (secondary N) is 1. The van der Waals surface area contributed by atoms with E-state index in [1.54, 1.807) is 11.8 Å². The van der Waals surface area contributed by atoms with Gasteiger partial charge < -0.3 is 15.5 Å². The predicted octanol–water partition coefficient (Wildman–Crippen LogP) is 2.06. The van der Waals surface area contributed by atoms with Gasteiger partial charge in [-0.3, -0.25) is 4.79 Å². The van der Waals surface area contributed by atoms with Gasteiger partial charge in [0, 0.05) is 11.3 Å². The number of rotatable bonds is 6. The summed E-state index contributed by atoms with van der Waals surface area (Å²) < 4.78 is 5.16. The standard InChI is InChI=1S/C14H18N4O2S/c1-9-3-4-10(14-18-16-8-20-14)7-12(9)17-13(19)11(15)5-6-21-2/h3-4,7-8,11H,5-6,15H2,1-2H3,(H,17,19)/t11-/m0/s1. The number of benzene rings is 1. The second-order valence-electron chi connectivity index (χ2n) is 4.65. The fourth-order valence-electron chi connectivity index (χ4n) is 1.79. The molecule has 1 amide bonds. The molecular weight excluding hydrogens is 288 g/mol. The average Bonchev–Trinajstić information content (AvgIpc) is 3.01. The maximum absolute atomic E-state index is 12.1. The van der Waals surface area contributed by atoms with Crippen LogP contribution in [0.2, 0.25) is 0 Å². The second kappa shape index (κ2) is 7.24. The molecule has 0 aliphatic carbocycles. The Morgan fingerprint density at radius 1 is 1.52 bits per heavy atom. The van der Waals surface area contributed by atoms with Crippen molar-refractivity contribution in [2.45, 2.75) is 19.4 Å². The molecule has 6 nitrogen and oxygen atoms in total. The van der Waals surface area contributed by atoms with E-state index in [4.69, 9.17) is 10.2 Å². The van der Waals surface area contributed by atoms with Crippen LogP contribution < -0.4 is 11.1 Å². The van der Waals surface area contributed by atoms with Crippen molar-refractivity contribution >= 4 is 23.4 Å². The molecule has 0 saturated heterocycles. The van der Waals surface area contributed by atoms with Crippen LogP contribution in [0.5, 0.6) is 0 Å². The monoisotopic (exact) mass is 306 g/mol. The lowest BCUT2D eigenvalue weighted by Crippen LogP contribution is -2.36. The molecule has 0 aliphatic rings. The predicted molar refractivity (Wildman–Crippen MR) is 84.1 cm³/mol. The van der Waals surface area contributed by atoms with Gasteiger partial charge in [0.1, 0.15) is 0 Å². The molecule has 1 heterocycles. The van der Waals surface area contributed by atoms with Gasteiger partial charge in [0.05, 0.1) is 6.04 Å². The first kappa shape index (κ1) is 15.5. The van der Waals surface area contributed by atoms with Crippen LogP contribution >= 0.6 is 11.8 Å². The molecule has 1 aromatic heterocycles. The molecule has 0 spiro atoms. The fourth-order valence-corrected chi connectivity index (χ4v) is 2.28. The van der Waals surface area contributed by atoms with Crippen molar-refractivity contribution in [3.8, 4) is 11.5 Å². The lowest BCUT2D eigenvalue weighted by Gasteiger charge is -2.13. The molecule has 2 rings (SSSR count). The summed E-state index contributed by atoms with van der Waals surface area (Å²) in [6, 6.07) is 5.06. The summed E-state index contributed by atoms with van der Waals surface area (Å²) in [5, 5.41) is 10.4. The number of carbonyl (C=O) groups excluding carboxylic acids is 1. The molecule has 0 unspecified atom stereocenters. The number of aryl methyl sites for hydroxylation is 1. The number of nitrogens with zero attached hydrogens (tertiary/aromatic N) is 2. The summed E-state index contributed by atoms with van der Waals surface area (Å²) in [4.78, 5) is 12.1. The minimum absolute atomic E-state index is 0.185. The molecule has 1 atom stereocenters. The van der Waals surface area contributed by atoms with Gasteiger partial charge in [-0.05, 0) is 43.0 Å². The molecule has 0 saturated carbocycles. The summed E-state index contributed by atoms with van der Waals surface area (Å²) >= 11 is 1.67. The molecule has 1 aromatic carbocycles. The number of amides is 1. The zero-order valence-electron chi connectivity index (χ0n) is 12.0. The molecular formula is C14H18N4O2S. The van der Waals surface area contributed by atoms with Crippen LogP contribution in [-0.2, 0) is 4.79 Å². The molecule has 0 fully saturated rings. The number of nitrogens with two attached hydrogens (primary N) is 1. The highest BCUT2D eigenvalue weighted by Crippen LogP contribution is 2.24. The Labute approximate surface area is 127 Å². The Bertz CT molecular complexity index is 601. The van der Waals surface area contributed by atoms with E-state index >= 15 is 0 Å². The Morgan fingerprint density at radius 3 is 3.00 bits per heavy atom. The largest absolute Gasteiger partial charge is 0.423 e. The molecule has 2 aromatic rings. The third kappa shape index (κ3) is 4.05. The first-order valence-electron chi connectivity index (χ1n) is 6.54. The van der Waals surface area contributed by atoms with Crippen molar-refractivity contribution in [1.82, 2.24) is 10.2 Å². The summed E-state index contributed by atoms with van der Waals surface area (Å²) in [6.45, 7) is 1.92. The molecule has 3 N–H and O–H groups in total. The lowest BCUT2D eigenvalue weighted by molar-refractivity contribution is -0.117. The van der Waals surface area contributed by atoms with Crippen LogP contribution in [0.4, 0.5) is 5.69 Å². The van der Waals surface area contributed by atoms with E-state index in [0.717, 1.165) is 16.9 Å². The van der Waals surface area contributed by atoms with E-state index in [9.17, 15) is 4.79 Å². The van der Waals surface area contributed by atoms with Crippen LogP contribution in [0.25, 0.3) is 11.5 Å². The number of thioether (sulfide) groups is 1. The van der Waals surface area contributed by atoms with Gasteiger partial charge in [-0.25, -0.2) is 0 Å². The van der Waals surface area contributed by atoms with Crippen molar-refractivity contribution < 1.29 is 9.21 Å². The second-order valence-corrected chi connectivity index (χ2v) is 5.64. The number of hydrogen-bond acceptors (Lipinski definition) is 6. The maximum atomic E-state index is 12.1. The first-order chi connectivity index (χ1) is 10.1. The highest BCUT2D eigenvalue weighted by molar-refractivity contribution is 7.98. The summed E-state index contributed by atoms with van der Waals surface area (Å²) in [5.41, 5.74) is 8.28. The van der Waals surface area contributed by atoms with Crippen molar-refractivity contribution in [2.24, 2.45) is 5.73 Å². The molecule has 0 bridgehead atoms. The number of anilines is 1. The SMILES string of the molecule is CSCC[C@H](N)C(=O)Nc1cc(-c2nnco2)ccc1C. The average molecular weight is 306 g/mol. The Morgan fingerprint density at radius 2 is 2.33 bits per heavy atom. The fraction of sp³-hybridized carbons (Fsp3) is 0.357. The van der Waals surface area contributed by atoms with Crippen molar-refractivity contribution in [2.75, 3.05) is 17.3 Å². The third-order valence-electron chi connectivity index (χ3n) is 3.07. The van der Waals surface area contributed by atoms with Gasteiger partial charge in [-0.2, -0.15) is 11.8 Å². The lowest BCUT2D eigenvalue weighted by atomic mass is 10.1. The Kier molecular flexibility index (Phi) is 5.35. The maximum Gasteiger partial charge on any atom is 0.247 e. The van der Waals surface area contributed by atoms with Gasteiger partial charge in [0.25, 0.3) is 0 Å². The van der Waals surface area contributed by atoms with E-state index in [-0.39, 0.29) is 5.91 Å². The minimum Gasteiger partial charge on any atom is -0.423 e. The number of hydrogen-bond donors (Lipinski definition) is 2. The molecule has 112 valence electrons. The van der Waals surface area contributed by atoms with E-state index in [1.807, 2.05) is 31.4 Å². The van der Waals surface area contributed by atoms with Crippen LogP contribution in [0.1, 0.15) is 12.0 Å². The van der Waals surface area contributed by atoms with Crippen LogP contribution in [-0.4, -0.2) is 34.2 Å². The summed E-state index contributed by atoms with van der Waals surface area (Å²) in [7, 11) is 0. The van der Waals surface area contributed by atoms with Crippen molar-refractivity contribution in [3.63, 3.8) is 0 Å². The van der Waals surface area contributed by atoms with E-state index < -0.39 is 6.04 Å². The first-order valence-corrected chi connectivity index (χ1v) is 7.93. The highest BCUT2D eigenvalue weighted by Gasteiger charge is 2.15. The zero-order chi connectivity index (χ0) is 15.2. The van der Waals surface area contributed by atoms with E-state index in [0.29, 0.717) is 18.0 Å². The Balaban J connectivity index is 2.12. The number of aromatic nitrogens is 2. The van der Waals surface area contributed by atoms with Crippen molar-refractivity contribution in [3.05, 3.63) is 30.2 Å². The van der Waals surface area contributed by atoms with E-state index in [1.165, 1.54) is 6.39 Å². The van der Waals surface area contributed by atoms with Gasteiger partial charge >= 0.3 is 0 Å². The van der Waals surface area contributed by atoms with Gasteiger partial charge in [0.2, 0.25) is 18.2 Å². The topological polar surface area (TPSA) is 94.0 Å². The third-order valence-corrected chi connectivity index (χ3v) is 3.72. The zero-order valence-corrected chi connectivity index (χ0v) is 12.8. The van der Waals surface area contributed by atoms with Gasteiger partial charge in [-0.15, -0.1) is 10.2 Å². The van der Waals surface area contributed by atoms with Gasteiger partial charge in [-0.1, -0.05) is 6.07 Å². The Hall–Kier alpha value is -1.86. The van der Waals surface area contributed by atoms with Gasteiger partial charge in [0.15, 0.2) is 0 Å². The highest BCUT2D eigenvalue weighted by atomic mass is 32.2. The van der Waals surface area contributed by atoms with Crippen LogP contribution in [0, 0.1) is 6.92 Å². The van der Waals surface area contributed by atoms with Crippen molar-refractivity contribution in [1.29, 1.82) is 0 Å². The normalized spacial score (nSPS) is 12.1. The quantitative estimate of drug-likeness (QED) is 0.848. The number of carbonyl (C=O) groups is 1. The molecule has 7 heteroatoms. The summed E-state index contributed by atoms with van der Waals surface area (Å²) in [5.74, 6) is 1.09. The van der Waals surface area contributed by atoms with Crippen LogP contribution in [0.15, 0.2) is 29.0 Å². The summed E-state index contributed by atoms with van der Waals surface area (Å²) in [6.07, 6.45) is 3.91. The van der Waals surface area contributed by atoms with E-state index in [2.05, 4.69) is 15.5 Å². The molecule has 21 heavy (non-hydrogen) atoms. The molecule has 0 radical (unpaired) electrons.